The number of halogens is 1. The summed E-state index contributed by atoms with van der Waals surface area (Å²) in [5.74, 6) is -1.20. The first kappa shape index (κ1) is 20.7. The van der Waals surface area contributed by atoms with Crippen molar-refractivity contribution in [2.75, 3.05) is 11.9 Å². The largest absolute Gasteiger partial charge is 0.462 e. The highest BCUT2D eigenvalue weighted by molar-refractivity contribution is 7.15. The minimum Gasteiger partial charge on any atom is -0.462 e. The van der Waals surface area contributed by atoms with Gasteiger partial charge >= 0.3 is 5.97 Å². The number of aromatic nitrogens is 2. The number of thiophene rings is 1. The third-order valence-corrected chi connectivity index (χ3v) is 5.58. The molecule has 0 bridgehead atoms. The molecule has 0 unspecified atom stereocenters. The third-order valence-electron chi connectivity index (χ3n) is 4.69. The summed E-state index contributed by atoms with van der Waals surface area (Å²) in [7, 11) is 0. The van der Waals surface area contributed by atoms with Gasteiger partial charge in [-0.25, -0.2) is 14.2 Å². The Kier molecular flexibility index (Phi) is 5.81. The molecule has 0 atom stereocenters. The van der Waals surface area contributed by atoms with E-state index in [1.165, 1.54) is 23.5 Å². The topological polar surface area (TPSA) is 72.7 Å². The summed E-state index contributed by atoms with van der Waals surface area (Å²) in [5.41, 5.74) is 3.98. The Hall–Kier alpha value is -3.52. The number of hydrogen-bond donors (Lipinski definition) is 1. The van der Waals surface area contributed by atoms with E-state index in [9.17, 15) is 14.0 Å². The lowest BCUT2D eigenvalue weighted by atomic mass is 10.0. The van der Waals surface area contributed by atoms with E-state index >= 15 is 0 Å². The molecule has 3 heterocycles. The molecule has 1 N–H and O–H groups in total. The molecule has 6 nitrogen and oxygen atoms in total. The first-order chi connectivity index (χ1) is 14.9. The number of fused-ring (bicyclic) bond motifs is 1. The van der Waals surface area contributed by atoms with Gasteiger partial charge in [-0.1, -0.05) is 12.1 Å². The van der Waals surface area contributed by atoms with Crippen LogP contribution in [0, 0.1) is 12.7 Å². The number of pyridine rings is 1. The van der Waals surface area contributed by atoms with E-state index < -0.39 is 5.97 Å². The summed E-state index contributed by atoms with van der Waals surface area (Å²) in [6.07, 6.45) is 3.76. The highest BCUT2D eigenvalue weighted by Crippen LogP contribution is 2.36. The Morgan fingerprint density at radius 2 is 2.00 bits per heavy atom. The fourth-order valence-electron chi connectivity index (χ4n) is 3.25. The van der Waals surface area contributed by atoms with Crippen molar-refractivity contribution in [2.45, 2.75) is 20.3 Å². The molecule has 0 spiro atoms. The SMILES string of the molecule is CCOC(=O)c1c(-c2ccc(F)cc2)csc1NC(=O)Cc1cn2ccc(C)cc2n1. The number of carbonyl (C=O) groups excluding carboxylic acids is 2. The Labute approximate surface area is 182 Å². The van der Waals surface area contributed by atoms with Crippen molar-refractivity contribution in [3.8, 4) is 11.1 Å². The fourth-order valence-corrected chi connectivity index (χ4v) is 4.23. The predicted octanol–water partition coefficient (Wildman–Crippen LogP) is 4.87. The number of anilines is 1. The van der Waals surface area contributed by atoms with Gasteiger partial charge in [0.2, 0.25) is 5.91 Å². The van der Waals surface area contributed by atoms with Crippen molar-refractivity contribution >= 4 is 33.9 Å². The molecule has 4 rings (SSSR count). The van der Waals surface area contributed by atoms with Crippen LogP contribution in [0.25, 0.3) is 16.8 Å². The number of imidazole rings is 1. The van der Waals surface area contributed by atoms with Crippen LogP contribution in [-0.2, 0) is 16.0 Å². The van der Waals surface area contributed by atoms with Crippen molar-refractivity contribution in [2.24, 2.45) is 0 Å². The Balaban J connectivity index is 1.59. The van der Waals surface area contributed by atoms with Crippen molar-refractivity contribution in [3.63, 3.8) is 0 Å². The number of nitrogens with zero attached hydrogens (tertiary/aromatic N) is 2. The number of ether oxygens (including phenoxy) is 1. The second-order valence-corrected chi connectivity index (χ2v) is 7.89. The van der Waals surface area contributed by atoms with Crippen molar-refractivity contribution in [1.29, 1.82) is 0 Å². The first-order valence-electron chi connectivity index (χ1n) is 9.73. The van der Waals surface area contributed by atoms with Crippen molar-refractivity contribution in [1.82, 2.24) is 9.38 Å². The molecule has 4 aromatic rings. The second kappa shape index (κ2) is 8.69. The smallest absolute Gasteiger partial charge is 0.341 e. The van der Waals surface area contributed by atoms with Crippen LogP contribution in [0.1, 0.15) is 28.5 Å². The van der Waals surface area contributed by atoms with Gasteiger partial charge in [0.25, 0.3) is 0 Å². The number of esters is 1. The summed E-state index contributed by atoms with van der Waals surface area (Å²) >= 11 is 1.22. The van der Waals surface area contributed by atoms with E-state index in [0.29, 0.717) is 21.8 Å². The summed E-state index contributed by atoms with van der Waals surface area (Å²) in [5, 5.41) is 4.95. The lowest BCUT2D eigenvalue weighted by Crippen LogP contribution is -2.16. The van der Waals surface area contributed by atoms with Crippen LogP contribution in [0.3, 0.4) is 0 Å². The van der Waals surface area contributed by atoms with Crippen LogP contribution >= 0.6 is 11.3 Å². The highest BCUT2D eigenvalue weighted by atomic mass is 32.1. The molecule has 0 radical (unpaired) electrons. The number of hydrogen-bond acceptors (Lipinski definition) is 5. The van der Waals surface area contributed by atoms with E-state index in [0.717, 1.165) is 11.2 Å². The van der Waals surface area contributed by atoms with Crippen LogP contribution in [0.2, 0.25) is 0 Å². The van der Waals surface area contributed by atoms with E-state index in [1.54, 1.807) is 30.6 Å². The molecule has 3 aromatic heterocycles. The lowest BCUT2D eigenvalue weighted by molar-refractivity contribution is -0.115. The number of carbonyl (C=O) groups is 2. The maximum atomic E-state index is 13.3. The number of aryl methyl sites for hydroxylation is 1. The van der Waals surface area contributed by atoms with Gasteiger partial charge in [0.05, 0.1) is 18.7 Å². The van der Waals surface area contributed by atoms with Gasteiger partial charge in [0, 0.05) is 23.3 Å². The molecule has 0 aliphatic heterocycles. The Morgan fingerprint density at radius 1 is 1.23 bits per heavy atom. The van der Waals surface area contributed by atoms with E-state index in [1.807, 2.05) is 29.7 Å². The molecule has 1 amide bonds. The van der Waals surface area contributed by atoms with Crippen molar-refractivity contribution < 1.29 is 18.7 Å². The zero-order valence-corrected chi connectivity index (χ0v) is 17.8. The number of nitrogens with one attached hydrogen (secondary N) is 1. The predicted molar refractivity (Wildman–Crippen MR) is 118 cm³/mol. The van der Waals surface area contributed by atoms with Crippen LogP contribution in [0.15, 0.2) is 54.2 Å². The second-order valence-electron chi connectivity index (χ2n) is 7.01. The summed E-state index contributed by atoms with van der Waals surface area (Å²) in [6, 6.07) is 9.73. The van der Waals surface area contributed by atoms with Crippen LogP contribution in [-0.4, -0.2) is 27.9 Å². The maximum Gasteiger partial charge on any atom is 0.341 e. The molecule has 0 fully saturated rings. The molecule has 0 aliphatic carbocycles. The van der Waals surface area contributed by atoms with Gasteiger partial charge in [-0.15, -0.1) is 11.3 Å². The maximum absolute atomic E-state index is 13.3. The molecule has 0 aliphatic rings. The third kappa shape index (κ3) is 4.49. The lowest BCUT2D eigenvalue weighted by Gasteiger charge is -2.08. The van der Waals surface area contributed by atoms with Gasteiger partial charge in [-0.2, -0.15) is 0 Å². The van der Waals surface area contributed by atoms with Crippen LogP contribution in [0.5, 0.6) is 0 Å². The van der Waals surface area contributed by atoms with Gasteiger partial charge in [-0.05, 0) is 49.2 Å². The van der Waals surface area contributed by atoms with Gasteiger partial charge in [0.1, 0.15) is 22.0 Å². The molecule has 8 heteroatoms. The average Bonchev–Trinajstić information content (AvgIpc) is 3.31. The molecular formula is C23H20FN3O3S. The number of amides is 1. The number of rotatable bonds is 6. The molecular weight excluding hydrogens is 417 g/mol. The first-order valence-corrected chi connectivity index (χ1v) is 10.6. The van der Waals surface area contributed by atoms with Gasteiger partial charge in [-0.3, -0.25) is 4.79 Å². The summed E-state index contributed by atoms with van der Waals surface area (Å²) < 4.78 is 20.4. The zero-order chi connectivity index (χ0) is 22.0. The van der Waals surface area contributed by atoms with Crippen LogP contribution < -0.4 is 5.32 Å². The minimum atomic E-state index is -0.540. The summed E-state index contributed by atoms with van der Waals surface area (Å²) in [6.45, 7) is 3.89. The van der Waals surface area contributed by atoms with Crippen LogP contribution in [0.4, 0.5) is 9.39 Å². The summed E-state index contributed by atoms with van der Waals surface area (Å²) in [4.78, 5) is 29.8. The molecule has 158 valence electrons. The number of benzene rings is 1. The normalized spacial score (nSPS) is 10.9. The molecule has 0 saturated heterocycles. The zero-order valence-electron chi connectivity index (χ0n) is 17.0. The van der Waals surface area contributed by atoms with E-state index in [4.69, 9.17) is 4.74 Å². The molecule has 31 heavy (non-hydrogen) atoms. The Bertz CT molecular complexity index is 1260. The standard InChI is InChI=1S/C23H20FN3O3S/c1-3-30-23(29)21-18(15-4-6-16(24)7-5-15)13-31-22(21)26-20(28)11-17-12-27-9-8-14(2)10-19(27)25-17/h4-10,12-13H,3,11H2,1-2H3,(H,26,28). The Morgan fingerprint density at radius 3 is 2.74 bits per heavy atom. The highest BCUT2D eigenvalue weighted by Gasteiger charge is 2.23. The molecule has 1 aromatic carbocycles. The van der Waals surface area contributed by atoms with Crippen molar-refractivity contribution in [3.05, 3.63) is 76.8 Å². The van der Waals surface area contributed by atoms with E-state index in [-0.39, 0.29) is 30.3 Å². The van der Waals surface area contributed by atoms with E-state index in [2.05, 4.69) is 10.3 Å². The fraction of sp³-hybridized carbons (Fsp3) is 0.174. The van der Waals surface area contributed by atoms with Gasteiger partial charge in [0.15, 0.2) is 0 Å². The van der Waals surface area contributed by atoms with Gasteiger partial charge < -0.3 is 14.5 Å². The monoisotopic (exact) mass is 437 g/mol. The minimum absolute atomic E-state index is 0.0623. The quantitative estimate of drug-likeness (QED) is 0.437. The molecule has 0 saturated carbocycles. The average molecular weight is 437 g/mol.